The Balaban J connectivity index is 1.99. The first-order valence-corrected chi connectivity index (χ1v) is 7.63. The molecule has 1 aromatic heterocycles. The topological polar surface area (TPSA) is 62.9 Å². The Labute approximate surface area is 133 Å². The molecule has 0 amide bonds. The first kappa shape index (κ1) is 15.3. The molecule has 3 rings (SSSR count). The summed E-state index contributed by atoms with van der Waals surface area (Å²) in [5, 5.41) is 10.7. The molecule has 2 aromatic rings. The van der Waals surface area contributed by atoms with E-state index in [-0.39, 0.29) is 23.0 Å². The van der Waals surface area contributed by atoms with Crippen molar-refractivity contribution in [3.63, 3.8) is 0 Å². The van der Waals surface area contributed by atoms with E-state index in [4.69, 9.17) is 20.8 Å². The molecule has 0 saturated carbocycles. The van der Waals surface area contributed by atoms with Crippen molar-refractivity contribution in [2.75, 3.05) is 13.1 Å². The monoisotopic (exact) mass is 323 g/mol. The van der Waals surface area contributed by atoms with Gasteiger partial charge in [0.15, 0.2) is 0 Å². The van der Waals surface area contributed by atoms with E-state index in [1.54, 1.807) is 6.07 Å². The van der Waals surface area contributed by atoms with Crippen LogP contribution in [0.15, 0.2) is 27.4 Å². The summed E-state index contributed by atoms with van der Waals surface area (Å²) in [6.45, 7) is 6.29. The van der Waals surface area contributed by atoms with Crippen LogP contribution < -0.4 is 5.63 Å². The van der Waals surface area contributed by atoms with Gasteiger partial charge in [-0.15, -0.1) is 0 Å². The summed E-state index contributed by atoms with van der Waals surface area (Å²) in [4.78, 5) is 14.0. The van der Waals surface area contributed by atoms with E-state index < -0.39 is 5.63 Å². The van der Waals surface area contributed by atoms with Crippen molar-refractivity contribution in [3.8, 4) is 5.75 Å². The van der Waals surface area contributed by atoms with Gasteiger partial charge in [-0.05, 0) is 25.5 Å². The molecule has 1 fully saturated rings. The molecule has 1 aromatic carbocycles. The Kier molecular flexibility index (Phi) is 4.12. The minimum absolute atomic E-state index is 0.0944. The fraction of sp³-hybridized carbons (Fsp3) is 0.438. The number of ether oxygens (including phenoxy) is 1. The Morgan fingerprint density at radius 1 is 1.27 bits per heavy atom. The van der Waals surface area contributed by atoms with Gasteiger partial charge in [0.2, 0.25) is 0 Å². The molecule has 1 aliphatic heterocycles. The Hall–Kier alpha value is -1.56. The van der Waals surface area contributed by atoms with Gasteiger partial charge in [-0.25, -0.2) is 4.79 Å². The minimum Gasteiger partial charge on any atom is -0.506 e. The summed E-state index contributed by atoms with van der Waals surface area (Å²) in [5.74, 6) is -0.0944. The molecular weight excluding hydrogens is 306 g/mol. The fourth-order valence-corrected chi connectivity index (χ4v) is 3.18. The van der Waals surface area contributed by atoms with E-state index in [9.17, 15) is 9.90 Å². The molecule has 2 atom stereocenters. The second-order valence-corrected chi connectivity index (χ2v) is 6.25. The number of morpholine rings is 1. The number of nitrogens with zero attached hydrogens (tertiary/aromatic N) is 1. The molecular formula is C16H18ClNO4. The summed E-state index contributed by atoms with van der Waals surface area (Å²) in [7, 11) is 0. The van der Waals surface area contributed by atoms with Gasteiger partial charge in [-0.2, -0.15) is 0 Å². The van der Waals surface area contributed by atoms with Crippen LogP contribution in [0.3, 0.4) is 0 Å². The molecule has 0 aliphatic carbocycles. The largest absolute Gasteiger partial charge is 0.506 e. The normalized spacial score (nSPS) is 23.0. The highest BCUT2D eigenvalue weighted by molar-refractivity contribution is 6.32. The number of benzene rings is 1. The maximum atomic E-state index is 11.7. The fourth-order valence-electron chi connectivity index (χ4n) is 3.02. The van der Waals surface area contributed by atoms with Crippen LogP contribution in [0.5, 0.6) is 5.75 Å². The first-order chi connectivity index (χ1) is 10.4. The van der Waals surface area contributed by atoms with Crippen LogP contribution in [0, 0.1) is 0 Å². The molecule has 1 aliphatic rings. The Bertz CT molecular complexity index is 748. The second-order valence-electron chi connectivity index (χ2n) is 5.84. The van der Waals surface area contributed by atoms with Crippen LogP contribution in [0.2, 0.25) is 5.02 Å². The average Bonchev–Trinajstić information content (AvgIpc) is 2.39. The Morgan fingerprint density at radius 3 is 2.64 bits per heavy atom. The zero-order chi connectivity index (χ0) is 15.9. The third-order valence-electron chi connectivity index (χ3n) is 3.79. The molecule has 0 spiro atoms. The molecule has 0 unspecified atom stereocenters. The van der Waals surface area contributed by atoms with Gasteiger partial charge in [0, 0.05) is 37.2 Å². The number of hydrogen-bond acceptors (Lipinski definition) is 5. The summed E-state index contributed by atoms with van der Waals surface area (Å²) in [6, 6.07) is 4.51. The maximum Gasteiger partial charge on any atom is 0.336 e. The lowest BCUT2D eigenvalue weighted by atomic mass is 10.1. The molecule has 6 heteroatoms. The molecule has 118 valence electrons. The van der Waals surface area contributed by atoms with Crippen molar-refractivity contribution in [3.05, 3.63) is 39.2 Å². The lowest BCUT2D eigenvalue weighted by Gasteiger charge is -2.35. The predicted octanol–water partition coefficient (Wildman–Crippen LogP) is 2.76. The van der Waals surface area contributed by atoms with Gasteiger partial charge in [-0.3, -0.25) is 4.90 Å². The molecule has 1 N–H and O–H groups in total. The second kappa shape index (κ2) is 5.91. The highest BCUT2D eigenvalue weighted by Crippen LogP contribution is 2.30. The van der Waals surface area contributed by atoms with Crippen molar-refractivity contribution >= 4 is 22.6 Å². The standard InChI is InChI=1S/C16H18ClNO4/c1-9-6-18(7-10(2)21-9)8-11-3-16(20)22-15-5-14(19)13(17)4-12(11)15/h3-5,9-10,19H,6-8H2,1-2H3/t9-,10-/m1/s1. The maximum absolute atomic E-state index is 11.7. The highest BCUT2D eigenvalue weighted by atomic mass is 35.5. The third kappa shape index (κ3) is 3.11. The van der Waals surface area contributed by atoms with Gasteiger partial charge < -0.3 is 14.3 Å². The zero-order valence-electron chi connectivity index (χ0n) is 12.5. The van der Waals surface area contributed by atoms with Crippen LogP contribution in [-0.4, -0.2) is 35.3 Å². The summed E-state index contributed by atoms with van der Waals surface area (Å²) >= 11 is 5.99. The minimum atomic E-state index is -0.432. The van der Waals surface area contributed by atoms with E-state index in [1.165, 1.54) is 12.1 Å². The zero-order valence-corrected chi connectivity index (χ0v) is 13.3. The lowest BCUT2D eigenvalue weighted by Crippen LogP contribution is -2.44. The number of rotatable bonds is 2. The molecule has 22 heavy (non-hydrogen) atoms. The van der Waals surface area contributed by atoms with Gasteiger partial charge in [0.05, 0.1) is 17.2 Å². The molecule has 0 bridgehead atoms. The molecule has 2 heterocycles. The molecule has 1 saturated heterocycles. The van der Waals surface area contributed by atoms with Crippen molar-refractivity contribution in [1.82, 2.24) is 4.90 Å². The van der Waals surface area contributed by atoms with Crippen LogP contribution in [0.1, 0.15) is 19.4 Å². The van der Waals surface area contributed by atoms with E-state index in [0.717, 1.165) is 24.0 Å². The van der Waals surface area contributed by atoms with Crippen LogP contribution >= 0.6 is 11.6 Å². The van der Waals surface area contributed by atoms with E-state index in [2.05, 4.69) is 4.90 Å². The van der Waals surface area contributed by atoms with Crippen molar-refractivity contribution in [2.24, 2.45) is 0 Å². The van der Waals surface area contributed by atoms with E-state index in [0.29, 0.717) is 12.1 Å². The van der Waals surface area contributed by atoms with Crippen LogP contribution in [0.25, 0.3) is 11.0 Å². The van der Waals surface area contributed by atoms with E-state index >= 15 is 0 Å². The number of aromatic hydroxyl groups is 1. The summed E-state index contributed by atoms with van der Waals surface area (Å²) in [6.07, 6.45) is 0.311. The quantitative estimate of drug-likeness (QED) is 0.861. The summed E-state index contributed by atoms with van der Waals surface area (Å²) < 4.78 is 10.9. The SMILES string of the molecule is C[C@@H]1CN(Cc2cc(=O)oc3cc(O)c(Cl)cc23)C[C@@H](C)O1. The number of phenolic OH excluding ortho intramolecular Hbond substituents is 1. The molecule has 0 radical (unpaired) electrons. The Morgan fingerprint density at radius 2 is 1.95 bits per heavy atom. The number of halogens is 1. The third-order valence-corrected chi connectivity index (χ3v) is 4.09. The number of phenols is 1. The highest BCUT2D eigenvalue weighted by Gasteiger charge is 2.23. The first-order valence-electron chi connectivity index (χ1n) is 7.25. The van der Waals surface area contributed by atoms with Crippen molar-refractivity contribution in [2.45, 2.75) is 32.6 Å². The number of hydrogen-bond donors (Lipinski definition) is 1. The van der Waals surface area contributed by atoms with Gasteiger partial charge in [0.1, 0.15) is 11.3 Å². The van der Waals surface area contributed by atoms with Crippen LogP contribution in [0.4, 0.5) is 0 Å². The number of fused-ring (bicyclic) bond motifs is 1. The van der Waals surface area contributed by atoms with Crippen molar-refractivity contribution in [1.29, 1.82) is 0 Å². The van der Waals surface area contributed by atoms with Gasteiger partial charge in [0.25, 0.3) is 0 Å². The van der Waals surface area contributed by atoms with Gasteiger partial charge >= 0.3 is 5.63 Å². The summed E-state index contributed by atoms with van der Waals surface area (Å²) in [5.41, 5.74) is 0.756. The van der Waals surface area contributed by atoms with Crippen molar-refractivity contribution < 1.29 is 14.3 Å². The van der Waals surface area contributed by atoms with Gasteiger partial charge in [-0.1, -0.05) is 11.6 Å². The average molecular weight is 324 g/mol. The van der Waals surface area contributed by atoms with Crippen LogP contribution in [-0.2, 0) is 11.3 Å². The lowest BCUT2D eigenvalue weighted by molar-refractivity contribution is -0.0704. The predicted molar refractivity (Wildman–Crippen MR) is 84.4 cm³/mol. The smallest absolute Gasteiger partial charge is 0.336 e. The molecule has 5 nitrogen and oxygen atoms in total. The van der Waals surface area contributed by atoms with E-state index in [1.807, 2.05) is 13.8 Å².